The number of hydrogen-bond donors (Lipinski definition) is 1. The van der Waals surface area contributed by atoms with Crippen LogP contribution in [0.25, 0.3) is 10.8 Å². The molecule has 1 N–H and O–H groups in total. The fraction of sp³-hybridized carbons (Fsp3) is 0.444. The van der Waals surface area contributed by atoms with Crippen LogP contribution in [0.1, 0.15) is 32.4 Å². The average molecular weight is 287 g/mol. The predicted molar refractivity (Wildman–Crippen MR) is 88.0 cm³/mol. The van der Waals surface area contributed by atoms with Crippen LogP contribution in [-0.4, -0.2) is 26.4 Å². The summed E-state index contributed by atoms with van der Waals surface area (Å²) in [4.78, 5) is 0. The van der Waals surface area contributed by atoms with Crippen LogP contribution in [0, 0.1) is 0 Å². The maximum atomic E-state index is 6.03. The standard InChI is InChI=1S/C18H25NO2/c1-13(2)19-14(3)16-10-9-15-7-5-6-8-17(15)18(16)21-12-11-20-4/h5-10,13-14,19H,11-12H2,1-4H3. The topological polar surface area (TPSA) is 30.5 Å². The summed E-state index contributed by atoms with van der Waals surface area (Å²) in [5, 5.41) is 5.90. The van der Waals surface area contributed by atoms with Crippen molar-refractivity contribution in [2.24, 2.45) is 0 Å². The zero-order valence-electron chi connectivity index (χ0n) is 13.3. The number of fused-ring (bicyclic) bond motifs is 1. The molecule has 114 valence electrons. The van der Waals surface area contributed by atoms with Crippen LogP contribution in [0.4, 0.5) is 0 Å². The van der Waals surface area contributed by atoms with Crippen LogP contribution in [-0.2, 0) is 4.74 Å². The molecule has 0 fully saturated rings. The maximum absolute atomic E-state index is 6.03. The molecule has 0 spiro atoms. The molecular formula is C18H25NO2. The van der Waals surface area contributed by atoms with E-state index in [1.807, 2.05) is 0 Å². The largest absolute Gasteiger partial charge is 0.490 e. The van der Waals surface area contributed by atoms with Crippen molar-refractivity contribution in [1.29, 1.82) is 0 Å². The highest BCUT2D eigenvalue weighted by Crippen LogP contribution is 2.33. The molecular weight excluding hydrogens is 262 g/mol. The number of rotatable bonds is 7. The number of nitrogens with one attached hydrogen (secondary N) is 1. The van der Waals surface area contributed by atoms with Gasteiger partial charge in [0, 0.05) is 30.1 Å². The smallest absolute Gasteiger partial charge is 0.132 e. The van der Waals surface area contributed by atoms with E-state index < -0.39 is 0 Å². The molecule has 0 aliphatic rings. The van der Waals surface area contributed by atoms with Gasteiger partial charge < -0.3 is 14.8 Å². The summed E-state index contributed by atoms with van der Waals surface area (Å²) >= 11 is 0. The molecule has 0 heterocycles. The zero-order valence-corrected chi connectivity index (χ0v) is 13.3. The average Bonchev–Trinajstić information content (AvgIpc) is 2.46. The second kappa shape index (κ2) is 7.43. The van der Waals surface area contributed by atoms with Crippen LogP contribution < -0.4 is 10.1 Å². The van der Waals surface area contributed by atoms with Gasteiger partial charge in [-0.05, 0) is 12.3 Å². The second-order valence-electron chi connectivity index (χ2n) is 5.59. The van der Waals surface area contributed by atoms with Crippen molar-refractivity contribution in [3.63, 3.8) is 0 Å². The van der Waals surface area contributed by atoms with Crippen molar-refractivity contribution in [3.8, 4) is 5.75 Å². The molecule has 0 saturated heterocycles. The zero-order chi connectivity index (χ0) is 15.2. The third kappa shape index (κ3) is 3.96. The molecule has 3 nitrogen and oxygen atoms in total. The molecule has 0 radical (unpaired) electrons. The van der Waals surface area contributed by atoms with E-state index in [-0.39, 0.29) is 6.04 Å². The number of hydrogen-bond acceptors (Lipinski definition) is 3. The van der Waals surface area contributed by atoms with Crippen LogP contribution in [0.15, 0.2) is 36.4 Å². The summed E-state index contributed by atoms with van der Waals surface area (Å²) < 4.78 is 11.1. The van der Waals surface area contributed by atoms with E-state index in [2.05, 4.69) is 62.5 Å². The van der Waals surface area contributed by atoms with Gasteiger partial charge in [0.15, 0.2) is 0 Å². The first-order chi connectivity index (χ1) is 10.1. The van der Waals surface area contributed by atoms with Gasteiger partial charge in [-0.1, -0.05) is 50.2 Å². The normalized spacial score (nSPS) is 12.8. The van der Waals surface area contributed by atoms with Crippen molar-refractivity contribution in [2.75, 3.05) is 20.3 Å². The molecule has 1 unspecified atom stereocenters. The van der Waals surface area contributed by atoms with Gasteiger partial charge in [0.05, 0.1) is 6.61 Å². The van der Waals surface area contributed by atoms with Gasteiger partial charge in [-0.3, -0.25) is 0 Å². The van der Waals surface area contributed by atoms with Gasteiger partial charge in [0.2, 0.25) is 0 Å². The van der Waals surface area contributed by atoms with E-state index in [4.69, 9.17) is 9.47 Å². The Hall–Kier alpha value is -1.58. The fourth-order valence-corrected chi connectivity index (χ4v) is 2.58. The number of methoxy groups -OCH3 is 1. The van der Waals surface area contributed by atoms with Crippen molar-refractivity contribution in [3.05, 3.63) is 42.0 Å². The molecule has 2 rings (SSSR count). The Balaban J connectivity index is 2.40. The van der Waals surface area contributed by atoms with Crippen LogP contribution in [0.5, 0.6) is 5.75 Å². The Kier molecular flexibility index (Phi) is 5.59. The lowest BCUT2D eigenvalue weighted by Gasteiger charge is -2.22. The quantitative estimate of drug-likeness (QED) is 0.783. The summed E-state index contributed by atoms with van der Waals surface area (Å²) in [6, 6.07) is 13.3. The summed E-state index contributed by atoms with van der Waals surface area (Å²) in [5.41, 5.74) is 1.19. The van der Waals surface area contributed by atoms with Gasteiger partial charge in [-0.15, -0.1) is 0 Å². The Morgan fingerprint density at radius 1 is 1.00 bits per heavy atom. The fourth-order valence-electron chi connectivity index (χ4n) is 2.58. The highest BCUT2D eigenvalue weighted by Gasteiger charge is 2.15. The Morgan fingerprint density at radius 3 is 2.48 bits per heavy atom. The minimum atomic E-state index is 0.243. The van der Waals surface area contributed by atoms with E-state index in [0.717, 1.165) is 11.1 Å². The molecule has 0 bridgehead atoms. The Bertz CT molecular complexity index is 580. The molecule has 3 heteroatoms. The van der Waals surface area contributed by atoms with Gasteiger partial charge in [-0.2, -0.15) is 0 Å². The second-order valence-corrected chi connectivity index (χ2v) is 5.59. The van der Waals surface area contributed by atoms with Gasteiger partial charge in [0.1, 0.15) is 12.4 Å². The van der Waals surface area contributed by atoms with E-state index in [1.165, 1.54) is 10.9 Å². The van der Waals surface area contributed by atoms with Crippen LogP contribution in [0.2, 0.25) is 0 Å². The predicted octanol–water partition coefficient (Wildman–Crippen LogP) is 3.92. The molecule has 0 aliphatic carbocycles. The SMILES string of the molecule is COCCOc1c(C(C)NC(C)C)ccc2ccccc12. The molecule has 0 aliphatic heterocycles. The highest BCUT2D eigenvalue weighted by molar-refractivity contribution is 5.89. The minimum Gasteiger partial charge on any atom is -0.490 e. The lowest BCUT2D eigenvalue weighted by molar-refractivity contribution is 0.146. The number of ether oxygens (including phenoxy) is 2. The summed E-state index contributed by atoms with van der Waals surface area (Å²) in [5.74, 6) is 0.964. The summed E-state index contributed by atoms with van der Waals surface area (Å²) in [6.45, 7) is 7.64. The van der Waals surface area contributed by atoms with Crippen LogP contribution in [0.3, 0.4) is 0 Å². The summed E-state index contributed by atoms with van der Waals surface area (Å²) in [6.07, 6.45) is 0. The van der Waals surface area contributed by atoms with E-state index in [1.54, 1.807) is 7.11 Å². The lowest BCUT2D eigenvalue weighted by atomic mass is 10.0. The lowest BCUT2D eigenvalue weighted by Crippen LogP contribution is -2.26. The molecule has 2 aromatic carbocycles. The van der Waals surface area contributed by atoms with E-state index >= 15 is 0 Å². The summed E-state index contributed by atoms with van der Waals surface area (Å²) in [7, 11) is 1.69. The molecule has 0 amide bonds. The first-order valence-corrected chi connectivity index (χ1v) is 7.53. The molecule has 2 aromatic rings. The van der Waals surface area contributed by atoms with E-state index in [0.29, 0.717) is 19.3 Å². The van der Waals surface area contributed by atoms with E-state index in [9.17, 15) is 0 Å². The van der Waals surface area contributed by atoms with Gasteiger partial charge in [0.25, 0.3) is 0 Å². The van der Waals surface area contributed by atoms with Crippen molar-refractivity contribution in [1.82, 2.24) is 5.32 Å². The number of benzene rings is 2. The van der Waals surface area contributed by atoms with Gasteiger partial charge in [-0.25, -0.2) is 0 Å². The molecule has 1 atom stereocenters. The van der Waals surface area contributed by atoms with Crippen molar-refractivity contribution < 1.29 is 9.47 Å². The third-order valence-corrected chi connectivity index (χ3v) is 3.49. The third-order valence-electron chi connectivity index (χ3n) is 3.49. The minimum absolute atomic E-state index is 0.243. The first kappa shape index (κ1) is 15.8. The van der Waals surface area contributed by atoms with Crippen molar-refractivity contribution in [2.45, 2.75) is 32.9 Å². The monoisotopic (exact) mass is 287 g/mol. The molecule has 21 heavy (non-hydrogen) atoms. The first-order valence-electron chi connectivity index (χ1n) is 7.53. The van der Waals surface area contributed by atoms with Crippen molar-refractivity contribution >= 4 is 10.8 Å². The molecule has 0 aromatic heterocycles. The highest BCUT2D eigenvalue weighted by atomic mass is 16.5. The Morgan fingerprint density at radius 2 is 1.76 bits per heavy atom. The maximum Gasteiger partial charge on any atom is 0.132 e. The molecule has 0 saturated carbocycles. The van der Waals surface area contributed by atoms with Gasteiger partial charge >= 0.3 is 0 Å². The Labute approximate surface area is 127 Å². The van der Waals surface area contributed by atoms with Crippen LogP contribution >= 0.6 is 0 Å².